The molecule has 0 atom stereocenters. The molecule has 2 N–H and O–H groups in total. The lowest BCUT2D eigenvalue weighted by Crippen LogP contribution is -2.04. The Morgan fingerprint density at radius 3 is 2.73 bits per heavy atom. The number of anilines is 1. The quantitative estimate of drug-likeness (QED) is 0.761. The molecule has 15 heavy (non-hydrogen) atoms. The second-order valence-corrected chi connectivity index (χ2v) is 2.92. The van der Waals surface area contributed by atoms with Crippen molar-refractivity contribution in [1.82, 2.24) is 9.78 Å². The minimum absolute atomic E-state index is 0.141. The molecule has 0 radical (unpaired) electrons. The number of hydrogen-bond acceptors (Lipinski definition) is 3. The molecule has 5 heteroatoms. The van der Waals surface area contributed by atoms with Crippen LogP contribution in [0.15, 0.2) is 30.5 Å². The van der Waals surface area contributed by atoms with Crippen LogP contribution in [0.5, 0.6) is 0 Å². The fraction of sp³-hybridized carbons (Fsp3) is 0. The highest BCUT2D eigenvalue weighted by Gasteiger charge is 2.11. The predicted octanol–water partition coefficient (Wildman–Crippen LogP) is 1.47. The molecule has 1 aromatic carbocycles. The maximum Gasteiger partial charge on any atom is 0.148 e. The van der Waals surface area contributed by atoms with Crippen LogP contribution in [-0.4, -0.2) is 9.78 Å². The van der Waals surface area contributed by atoms with Crippen LogP contribution in [-0.2, 0) is 0 Å². The van der Waals surface area contributed by atoms with Gasteiger partial charge in [-0.15, -0.1) is 0 Å². The minimum Gasteiger partial charge on any atom is -0.382 e. The van der Waals surface area contributed by atoms with Crippen LogP contribution in [0.25, 0.3) is 5.69 Å². The Labute approximate surface area is 85.4 Å². The zero-order valence-electron chi connectivity index (χ0n) is 7.68. The summed E-state index contributed by atoms with van der Waals surface area (Å²) < 4.78 is 14.6. The molecule has 0 bridgehead atoms. The first-order chi connectivity index (χ1) is 7.24. The lowest BCUT2D eigenvalue weighted by atomic mass is 10.3. The van der Waals surface area contributed by atoms with E-state index < -0.39 is 5.82 Å². The third kappa shape index (κ3) is 1.42. The molecule has 0 fully saturated rings. The van der Waals surface area contributed by atoms with Crippen LogP contribution < -0.4 is 5.73 Å². The third-order valence-corrected chi connectivity index (χ3v) is 2.01. The van der Waals surface area contributed by atoms with E-state index in [0.29, 0.717) is 0 Å². The first-order valence-electron chi connectivity index (χ1n) is 4.22. The summed E-state index contributed by atoms with van der Waals surface area (Å²) in [5.74, 6) is -0.292. The van der Waals surface area contributed by atoms with Crippen molar-refractivity contribution in [3.05, 3.63) is 41.8 Å². The summed E-state index contributed by atoms with van der Waals surface area (Å²) in [7, 11) is 0. The molecule has 1 heterocycles. The molecular weight excluding hydrogens is 195 g/mol. The molecule has 2 aromatic rings. The number of rotatable bonds is 1. The van der Waals surface area contributed by atoms with Crippen molar-refractivity contribution in [3.8, 4) is 11.8 Å². The molecule has 2 rings (SSSR count). The Hall–Kier alpha value is -2.35. The fourth-order valence-corrected chi connectivity index (χ4v) is 1.26. The van der Waals surface area contributed by atoms with E-state index in [9.17, 15) is 4.39 Å². The third-order valence-electron chi connectivity index (χ3n) is 2.01. The minimum atomic E-state index is -0.434. The van der Waals surface area contributed by atoms with Crippen molar-refractivity contribution < 1.29 is 4.39 Å². The molecular formula is C10H7FN4. The molecule has 74 valence electrons. The molecule has 1 aromatic heterocycles. The van der Waals surface area contributed by atoms with Crippen LogP contribution in [0.3, 0.4) is 0 Å². The van der Waals surface area contributed by atoms with Crippen molar-refractivity contribution in [2.75, 3.05) is 5.73 Å². The van der Waals surface area contributed by atoms with Crippen molar-refractivity contribution >= 4 is 5.82 Å². The second-order valence-electron chi connectivity index (χ2n) is 2.92. The molecule has 0 saturated heterocycles. The van der Waals surface area contributed by atoms with Gasteiger partial charge in [-0.25, -0.2) is 9.07 Å². The Morgan fingerprint density at radius 2 is 2.13 bits per heavy atom. The SMILES string of the molecule is N#Cc1cnn(-c2ccccc2F)c1N. The lowest BCUT2D eigenvalue weighted by Gasteiger charge is -2.04. The van der Waals surface area contributed by atoms with Crippen LogP contribution in [0.2, 0.25) is 0 Å². The highest BCUT2D eigenvalue weighted by molar-refractivity contribution is 5.52. The second kappa shape index (κ2) is 3.42. The van der Waals surface area contributed by atoms with E-state index in [-0.39, 0.29) is 17.1 Å². The number of para-hydroxylation sites is 1. The molecule has 0 aliphatic carbocycles. The molecule has 0 saturated carbocycles. The van der Waals surface area contributed by atoms with Gasteiger partial charge in [-0.3, -0.25) is 0 Å². The lowest BCUT2D eigenvalue weighted by molar-refractivity contribution is 0.612. The zero-order valence-corrected chi connectivity index (χ0v) is 7.68. The first-order valence-corrected chi connectivity index (χ1v) is 4.22. The van der Waals surface area contributed by atoms with Crippen molar-refractivity contribution in [2.24, 2.45) is 0 Å². The van der Waals surface area contributed by atoms with E-state index in [1.807, 2.05) is 6.07 Å². The number of nitrogens with zero attached hydrogens (tertiary/aromatic N) is 3. The normalized spacial score (nSPS) is 9.87. The number of nitrogen functional groups attached to an aromatic ring is 1. The van der Waals surface area contributed by atoms with E-state index in [0.717, 1.165) is 0 Å². The fourth-order valence-electron chi connectivity index (χ4n) is 1.26. The van der Waals surface area contributed by atoms with Gasteiger partial charge in [0.2, 0.25) is 0 Å². The van der Waals surface area contributed by atoms with Gasteiger partial charge in [0.25, 0.3) is 0 Å². The number of nitrogens with two attached hydrogens (primary N) is 1. The van der Waals surface area contributed by atoms with Gasteiger partial charge in [0.15, 0.2) is 0 Å². The number of hydrogen-bond donors (Lipinski definition) is 1. The van der Waals surface area contributed by atoms with Gasteiger partial charge in [0.1, 0.15) is 29.0 Å². The summed E-state index contributed by atoms with van der Waals surface area (Å²) in [6.45, 7) is 0. The Kier molecular flexibility index (Phi) is 2.10. The number of aromatic nitrogens is 2. The van der Waals surface area contributed by atoms with Crippen LogP contribution in [0.1, 0.15) is 5.56 Å². The van der Waals surface area contributed by atoms with Crippen molar-refractivity contribution in [3.63, 3.8) is 0 Å². The van der Waals surface area contributed by atoms with E-state index in [2.05, 4.69) is 5.10 Å². The highest BCUT2D eigenvalue weighted by atomic mass is 19.1. The summed E-state index contributed by atoms with van der Waals surface area (Å²) in [5, 5.41) is 12.5. The largest absolute Gasteiger partial charge is 0.382 e. The summed E-state index contributed by atoms with van der Waals surface area (Å²) in [5.41, 5.74) is 6.09. The summed E-state index contributed by atoms with van der Waals surface area (Å²) in [4.78, 5) is 0. The van der Waals surface area contributed by atoms with Crippen molar-refractivity contribution in [1.29, 1.82) is 5.26 Å². The Bertz CT molecular complexity index is 539. The maximum atomic E-state index is 13.4. The monoisotopic (exact) mass is 202 g/mol. The van der Waals surface area contributed by atoms with E-state index >= 15 is 0 Å². The first kappa shape index (κ1) is 9.21. The van der Waals surface area contributed by atoms with E-state index in [4.69, 9.17) is 11.0 Å². The number of benzene rings is 1. The summed E-state index contributed by atoms with van der Waals surface area (Å²) >= 11 is 0. The standard InChI is InChI=1S/C10H7FN4/c11-8-3-1-2-4-9(8)15-10(13)7(5-12)6-14-15/h1-4,6H,13H2. The smallest absolute Gasteiger partial charge is 0.148 e. The topological polar surface area (TPSA) is 67.6 Å². The molecule has 0 aliphatic heterocycles. The molecule has 0 unspecified atom stereocenters. The maximum absolute atomic E-state index is 13.4. The predicted molar refractivity (Wildman–Crippen MR) is 52.6 cm³/mol. The molecule has 4 nitrogen and oxygen atoms in total. The van der Waals surface area contributed by atoms with E-state index in [1.165, 1.54) is 16.9 Å². The van der Waals surface area contributed by atoms with Gasteiger partial charge in [-0.1, -0.05) is 12.1 Å². The van der Waals surface area contributed by atoms with Gasteiger partial charge in [-0.05, 0) is 12.1 Å². The van der Waals surface area contributed by atoms with Gasteiger partial charge in [0, 0.05) is 0 Å². The van der Waals surface area contributed by atoms with Gasteiger partial charge in [0.05, 0.1) is 6.20 Å². The average Bonchev–Trinajstić information content (AvgIpc) is 2.60. The van der Waals surface area contributed by atoms with Crippen LogP contribution >= 0.6 is 0 Å². The highest BCUT2D eigenvalue weighted by Crippen LogP contribution is 2.18. The molecule has 0 spiro atoms. The Balaban J connectivity index is 2.61. The van der Waals surface area contributed by atoms with E-state index in [1.54, 1.807) is 18.2 Å². The van der Waals surface area contributed by atoms with Gasteiger partial charge < -0.3 is 5.73 Å². The van der Waals surface area contributed by atoms with Crippen molar-refractivity contribution in [2.45, 2.75) is 0 Å². The number of nitriles is 1. The average molecular weight is 202 g/mol. The van der Waals surface area contributed by atoms with Crippen LogP contribution in [0.4, 0.5) is 10.2 Å². The number of halogens is 1. The molecule has 0 amide bonds. The summed E-state index contributed by atoms with van der Waals surface area (Å²) in [6.07, 6.45) is 1.31. The Morgan fingerprint density at radius 1 is 1.40 bits per heavy atom. The van der Waals surface area contributed by atoms with Gasteiger partial charge in [-0.2, -0.15) is 10.4 Å². The zero-order chi connectivity index (χ0) is 10.8. The van der Waals surface area contributed by atoms with Gasteiger partial charge >= 0.3 is 0 Å². The van der Waals surface area contributed by atoms with Crippen LogP contribution in [0, 0.1) is 17.1 Å². The summed E-state index contributed by atoms with van der Waals surface area (Å²) in [6, 6.07) is 7.97. The molecule has 0 aliphatic rings.